The Bertz CT molecular complexity index is 1170. The number of anilines is 2. The van der Waals surface area contributed by atoms with Crippen LogP contribution in [0.1, 0.15) is 54.4 Å². The maximum absolute atomic E-state index is 14.0. The van der Waals surface area contributed by atoms with Crippen LogP contribution in [0.4, 0.5) is 16.3 Å². The van der Waals surface area contributed by atoms with Crippen molar-refractivity contribution >= 4 is 33.5 Å². The van der Waals surface area contributed by atoms with E-state index < -0.39 is 39.2 Å². The summed E-state index contributed by atoms with van der Waals surface area (Å²) < 4.78 is 34.8. The van der Waals surface area contributed by atoms with E-state index in [-0.39, 0.29) is 16.4 Å². The molecule has 1 unspecified atom stereocenters. The van der Waals surface area contributed by atoms with E-state index in [1.54, 1.807) is 77.9 Å². The van der Waals surface area contributed by atoms with Crippen LogP contribution in [0.3, 0.4) is 0 Å². The molecule has 2 amide bonds. The second kappa shape index (κ2) is 9.94. The Balaban J connectivity index is 2.09. The van der Waals surface area contributed by atoms with Crippen molar-refractivity contribution in [3.63, 3.8) is 0 Å². The molecule has 1 fully saturated rings. The zero-order valence-electron chi connectivity index (χ0n) is 21.1. The maximum atomic E-state index is 14.0. The van der Waals surface area contributed by atoms with Gasteiger partial charge in [0, 0.05) is 18.3 Å². The van der Waals surface area contributed by atoms with Crippen LogP contribution in [0.15, 0.2) is 53.6 Å². The first-order valence-electron chi connectivity index (χ1n) is 11.6. The number of nitrogens with zero attached hydrogens (tertiary/aromatic N) is 3. The molecular weight excluding hydrogens is 468 g/mol. The molecule has 35 heavy (non-hydrogen) atoms. The highest BCUT2D eigenvalue weighted by atomic mass is 32.2. The van der Waals surface area contributed by atoms with Crippen LogP contribution in [-0.4, -0.2) is 54.0 Å². The van der Waals surface area contributed by atoms with Gasteiger partial charge in [-0.3, -0.25) is 14.6 Å². The van der Waals surface area contributed by atoms with E-state index in [0.717, 1.165) is 0 Å². The molecule has 1 aliphatic rings. The summed E-state index contributed by atoms with van der Waals surface area (Å²) in [5, 5.41) is 0. The summed E-state index contributed by atoms with van der Waals surface area (Å²) in [5.41, 5.74) is -1.29. The predicted octanol–water partition coefficient (Wildman–Crippen LogP) is 4.22. The molecule has 0 bridgehead atoms. The third-order valence-electron chi connectivity index (χ3n) is 5.10. The molecule has 0 spiro atoms. The van der Waals surface area contributed by atoms with Gasteiger partial charge < -0.3 is 4.74 Å². The van der Waals surface area contributed by atoms with Gasteiger partial charge >= 0.3 is 6.09 Å². The Morgan fingerprint density at radius 1 is 1.06 bits per heavy atom. The fraction of sp³-hybridized carbons (Fsp3) is 0.480. The summed E-state index contributed by atoms with van der Waals surface area (Å²) >= 11 is 0. The smallest absolute Gasteiger partial charge is 0.410 e. The molecule has 10 heteroatoms. The topological polar surface area (TPSA) is 109 Å². The monoisotopic (exact) mass is 502 g/mol. The molecule has 0 radical (unpaired) electrons. The van der Waals surface area contributed by atoms with E-state index in [9.17, 15) is 18.0 Å². The van der Waals surface area contributed by atoms with Crippen molar-refractivity contribution in [1.29, 1.82) is 0 Å². The number of sulfonamides is 1. The molecule has 1 saturated heterocycles. The van der Waals surface area contributed by atoms with Gasteiger partial charge in [0.05, 0.1) is 5.69 Å². The molecule has 1 atom stereocenters. The Morgan fingerprint density at radius 3 is 2.31 bits per heavy atom. The van der Waals surface area contributed by atoms with Crippen LogP contribution in [0.2, 0.25) is 0 Å². The average Bonchev–Trinajstić information content (AvgIpc) is 3.22. The lowest BCUT2D eigenvalue weighted by atomic mass is 10.1. The van der Waals surface area contributed by atoms with Crippen molar-refractivity contribution in [2.24, 2.45) is 0 Å². The van der Waals surface area contributed by atoms with E-state index >= 15 is 0 Å². The Hall–Kier alpha value is -2.98. The molecular formula is C25H34N4O5S. The van der Waals surface area contributed by atoms with Crippen LogP contribution in [0.25, 0.3) is 0 Å². The number of aromatic nitrogens is 1. The molecule has 1 aliphatic heterocycles. The number of nitrogens with one attached hydrogen (secondary N) is 1. The maximum Gasteiger partial charge on any atom is 0.410 e. The fourth-order valence-electron chi connectivity index (χ4n) is 3.88. The van der Waals surface area contributed by atoms with Gasteiger partial charge in [-0.25, -0.2) is 22.9 Å². The predicted molar refractivity (Wildman–Crippen MR) is 134 cm³/mol. The average molecular weight is 503 g/mol. The molecule has 190 valence electrons. The van der Waals surface area contributed by atoms with E-state index in [2.05, 4.69) is 9.71 Å². The first kappa shape index (κ1) is 26.6. The highest BCUT2D eigenvalue weighted by Crippen LogP contribution is 2.34. The highest BCUT2D eigenvalue weighted by molar-refractivity contribution is 7.89. The normalized spacial score (nSPS) is 16.7. The Morgan fingerprint density at radius 2 is 1.71 bits per heavy atom. The van der Waals surface area contributed by atoms with Crippen molar-refractivity contribution in [2.75, 3.05) is 11.4 Å². The molecule has 0 saturated carbocycles. The zero-order chi connectivity index (χ0) is 26.0. The van der Waals surface area contributed by atoms with Crippen LogP contribution in [0, 0.1) is 0 Å². The van der Waals surface area contributed by atoms with Crippen molar-refractivity contribution in [1.82, 2.24) is 14.6 Å². The first-order chi connectivity index (χ1) is 16.2. The van der Waals surface area contributed by atoms with Crippen molar-refractivity contribution in [3.8, 4) is 0 Å². The quantitative estimate of drug-likeness (QED) is 0.656. The molecule has 1 aromatic heterocycles. The van der Waals surface area contributed by atoms with Crippen LogP contribution in [-0.2, 0) is 19.6 Å². The van der Waals surface area contributed by atoms with Gasteiger partial charge in [0.1, 0.15) is 22.4 Å². The lowest BCUT2D eigenvalue weighted by Crippen LogP contribution is -2.48. The molecule has 1 aromatic carbocycles. The van der Waals surface area contributed by atoms with Crippen LogP contribution >= 0.6 is 0 Å². The molecule has 1 N–H and O–H groups in total. The SMILES string of the molecule is CC(C)(C)NS(=O)(=O)c1ccccc1N(C(=O)C1CCCN1C(=O)OC(C)(C)C)c1ccccn1. The molecule has 2 aromatic rings. The number of para-hydroxylation sites is 1. The Labute approximate surface area is 207 Å². The number of carbonyl (C=O) groups is 2. The van der Waals surface area contributed by atoms with Crippen molar-refractivity contribution in [2.45, 2.75) is 76.5 Å². The van der Waals surface area contributed by atoms with Gasteiger partial charge in [-0.2, -0.15) is 0 Å². The summed E-state index contributed by atoms with van der Waals surface area (Å²) in [7, 11) is -3.99. The van der Waals surface area contributed by atoms with E-state index in [1.165, 1.54) is 22.1 Å². The minimum atomic E-state index is -3.99. The number of hydrogen-bond donors (Lipinski definition) is 1. The van der Waals surface area contributed by atoms with Crippen LogP contribution in [0.5, 0.6) is 0 Å². The molecule has 3 rings (SSSR count). The molecule has 0 aliphatic carbocycles. The highest BCUT2D eigenvalue weighted by Gasteiger charge is 2.41. The first-order valence-corrected chi connectivity index (χ1v) is 13.1. The molecule has 2 heterocycles. The van der Waals surface area contributed by atoms with Crippen molar-refractivity contribution in [3.05, 3.63) is 48.7 Å². The lowest BCUT2D eigenvalue weighted by molar-refractivity contribution is -0.122. The number of ether oxygens (including phenoxy) is 1. The summed E-state index contributed by atoms with van der Waals surface area (Å²) in [6, 6.07) is 10.5. The van der Waals surface area contributed by atoms with E-state index in [4.69, 9.17) is 4.74 Å². The van der Waals surface area contributed by atoms with Gasteiger partial charge in [0.2, 0.25) is 10.0 Å². The van der Waals surface area contributed by atoms with Crippen LogP contribution < -0.4 is 9.62 Å². The minimum absolute atomic E-state index is 0.0595. The van der Waals surface area contributed by atoms with Gasteiger partial charge in [-0.05, 0) is 78.6 Å². The summed E-state index contributed by atoms with van der Waals surface area (Å²) in [5.74, 6) is -0.197. The standard InChI is InChI=1S/C25H34N4O5S/c1-24(2,3)27-35(32,33)20-14-8-7-12-18(20)29(21-15-9-10-16-26-21)22(30)19-13-11-17-28(19)23(31)34-25(4,5)6/h7-10,12,14-16,19,27H,11,13,17H2,1-6H3. The van der Waals surface area contributed by atoms with Crippen molar-refractivity contribution < 1.29 is 22.7 Å². The largest absolute Gasteiger partial charge is 0.444 e. The Kier molecular flexibility index (Phi) is 7.56. The number of pyridine rings is 1. The van der Waals surface area contributed by atoms with Gasteiger partial charge in [0.15, 0.2) is 0 Å². The second-order valence-corrected chi connectivity index (χ2v) is 12.2. The third kappa shape index (κ3) is 6.58. The van der Waals surface area contributed by atoms with E-state index in [1.807, 2.05) is 0 Å². The summed E-state index contributed by atoms with van der Waals surface area (Å²) in [6.07, 6.45) is 2.00. The summed E-state index contributed by atoms with van der Waals surface area (Å²) in [4.78, 5) is 33.8. The number of likely N-dealkylation sites (tertiary alicyclic amines) is 1. The number of amides is 2. The number of benzene rings is 1. The lowest BCUT2D eigenvalue weighted by Gasteiger charge is -2.32. The summed E-state index contributed by atoms with van der Waals surface area (Å²) in [6.45, 7) is 10.9. The number of rotatable bonds is 5. The third-order valence-corrected chi connectivity index (χ3v) is 6.91. The minimum Gasteiger partial charge on any atom is -0.444 e. The van der Waals surface area contributed by atoms with Gasteiger partial charge in [-0.1, -0.05) is 18.2 Å². The fourth-order valence-corrected chi connectivity index (χ4v) is 5.49. The van der Waals surface area contributed by atoms with E-state index in [0.29, 0.717) is 19.4 Å². The molecule has 9 nitrogen and oxygen atoms in total. The number of carbonyl (C=O) groups excluding carboxylic acids is 2. The van der Waals surface area contributed by atoms with Gasteiger partial charge in [-0.15, -0.1) is 0 Å². The number of hydrogen-bond acceptors (Lipinski definition) is 6. The zero-order valence-corrected chi connectivity index (χ0v) is 21.9. The van der Waals surface area contributed by atoms with Gasteiger partial charge in [0.25, 0.3) is 5.91 Å². The second-order valence-electron chi connectivity index (χ2n) is 10.5.